The maximum atomic E-state index is 13.4. The fourth-order valence-electron chi connectivity index (χ4n) is 10.0. The molecular weight excluding hydrogens is 1500 g/mol. The highest BCUT2D eigenvalue weighted by molar-refractivity contribution is 9.10. The zero-order chi connectivity index (χ0) is 76.0. The predicted molar refractivity (Wildman–Crippen MR) is 383 cm³/mol. The molecule has 0 spiro atoms. The number of nitrogens with two attached hydrogens (primary N) is 1. The Morgan fingerprint density at radius 2 is 0.875 bits per heavy atom. The summed E-state index contributed by atoms with van der Waals surface area (Å²) in [4.78, 5) is 37.3. The molecule has 3 aromatic heterocycles. The molecule has 104 heavy (non-hydrogen) atoms. The second kappa shape index (κ2) is 32.3. The van der Waals surface area contributed by atoms with Crippen LogP contribution >= 0.6 is 49.9 Å². The summed E-state index contributed by atoms with van der Waals surface area (Å²) >= 11 is 7.09. The number of amides is 2. The third-order valence-corrected chi connectivity index (χ3v) is 17.9. The lowest BCUT2D eigenvalue weighted by molar-refractivity contribution is -0.138. The van der Waals surface area contributed by atoms with Crippen LogP contribution in [0.2, 0.25) is 0 Å². The number of alkyl halides is 9. The van der Waals surface area contributed by atoms with Gasteiger partial charge >= 0.3 is 37.8 Å². The van der Waals surface area contributed by atoms with E-state index in [9.17, 15) is 72.5 Å². The van der Waals surface area contributed by atoms with Gasteiger partial charge in [0.2, 0.25) is 0 Å². The van der Waals surface area contributed by atoms with Gasteiger partial charge in [0.1, 0.15) is 40.9 Å². The largest absolute Gasteiger partial charge is 0.488 e. The number of aromatic nitrogens is 3. The molecule has 12 aromatic rings. The third-order valence-electron chi connectivity index (χ3n) is 14.6. The SMILES string of the molecule is CC(C)(C)OC(=O)Nc1nc2c(-c3cccc(C(F)(F)F)c3)cc(C(O)c3ccc(F)cc3)cc2s1.CC(C)(C)OC(=O)Nc1nc2c(Br)cc(C(O)c3ccc(F)cc3)cc2s1.Nc1nc2c(-c3cccc(C(F)(F)F)c3)cc(Cc3ccc(F)cc3)cc2s1.OB(O)c1cccc(C(F)(F)F)c1. The Morgan fingerprint density at radius 1 is 0.481 bits per heavy atom. The normalized spacial score (nSPS) is 12.5. The molecule has 0 fully saturated rings. The van der Waals surface area contributed by atoms with Crippen LogP contribution in [0, 0.1) is 17.5 Å². The van der Waals surface area contributed by atoms with Gasteiger partial charge in [-0.2, -0.15) is 39.5 Å². The highest BCUT2D eigenvalue weighted by Gasteiger charge is 2.34. The summed E-state index contributed by atoms with van der Waals surface area (Å²) < 4.78 is 169. The number of nitrogen functional groups attached to an aromatic ring is 1. The number of carbonyl (C=O) groups excluding carboxylic acids is 2. The van der Waals surface area contributed by atoms with Crippen LogP contribution in [0.15, 0.2) is 186 Å². The second-order valence-electron chi connectivity index (χ2n) is 25.0. The predicted octanol–water partition coefficient (Wildman–Crippen LogP) is 19.9. The molecule has 3 heterocycles. The van der Waals surface area contributed by atoms with Gasteiger partial charge in [0.05, 0.1) is 47.3 Å². The van der Waals surface area contributed by atoms with E-state index in [4.69, 9.17) is 25.3 Å². The second-order valence-corrected chi connectivity index (χ2v) is 28.9. The number of aliphatic hydroxyl groups excluding tert-OH is 2. The Labute approximate surface area is 606 Å². The first-order valence-corrected chi connectivity index (χ1v) is 34.1. The molecule has 0 radical (unpaired) electrons. The quantitative estimate of drug-likeness (QED) is 0.0475. The number of benzene rings is 9. The minimum Gasteiger partial charge on any atom is -0.444 e. The number of nitrogens with zero attached hydrogens (tertiary/aromatic N) is 3. The zero-order valence-electron chi connectivity index (χ0n) is 55.2. The number of anilines is 3. The van der Waals surface area contributed by atoms with Gasteiger partial charge in [-0.05, 0) is 211 Å². The first-order chi connectivity index (χ1) is 48.6. The van der Waals surface area contributed by atoms with Crippen LogP contribution in [0.3, 0.4) is 0 Å². The van der Waals surface area contributed by atoms with Crippen LogP contribution in [0.25, 0.3) is 52.9 Å². The molecular formula is C73H60BBrF12N6O8S3. The van der Waals surface area contributed by atoms with E-state index in [0.717, 1.165) is 68.3 Å². The molecule has 14 nitrogen and oxygen atoms in total. The van der Waals surface area contributed by atoms with E-state index < -0.39 is 83.8 Å². The highest BCUT2D eigenvalue weighted by Crippen LogP contribution is 2.42. The molecule has 0 aliphatic heterocycles. The number of ether oxygens (including phenoxy) is 2. The van der Waals surface area contributed by atoms with E-state index in [1.807, 2.05) is 12.1 Å². The van der Waals surface area contributed by atoms with Gasteiger partial charge in [-0.15, -0.1) is 0 Å². The van der Waals surface area contributed by atoms with Crippen molar-refractivity contribution in [1.82, 2.24) is 15.0 Å². The van der Waals surface area contributed by atoms with Crippen molar-refractivity contribution < 1.29 is 92.0 Å². The number of hydrogen-bond acceptors (Lipinski definition) is 15. The molecule has 8 N–H and O–H groups in total. The van der Waals surface area contributed by atoms with Gasteiger partial charge in [-0.1, -0.05) is 119 Å². The number of thiazole rings is 3. The van der Waals surface area contributed by atoms with Crippen molar-refractivity contribution in [2.45, 2.75) is 89.9 Å². The molecule has 0 saturated carbocycles. The summed E-state index contributed by atoms with van der Waals surface area (Å²) in [6, 6.07) is 41.4. The smallest absolute Gasteiger partial charge is 0.444 e. The summed E-state index contributed by atoms with van der Waals surface area (Å²) in [5.74, 6) is -1.15. The fraction of sp³-hybridized carbons (Fsp3) is 0.192. The van der Waals surface area contributed by atoms with Gasteiger partial charge in [-0.25, -0.2) is 37.7 Å². The molecule has 2 atom stereocenters. The topological polar surface area (TPSA) is 222 Å². The zero-order valence-corrected chi connectivity index (χ0v) is 59.3. The number of rotatable bonds is 11. The van der Waals surface area contributed by atoms with Crippen molar-refractivity contribution in [3.05, 3.63) is 254 Å². The number of hydrogen-bond donors (Lipinski definition) is 7. The van der Waals surface area contributed by atoms with Crippen LogP contribution in [0.1, 0.15) is 104 Å². The van der Waals surface area contributed by atoms with E-state index in [-0.39, 0.29) is 27.8 Å². The molecule has 542 valence electrons. The van der Waals surface area contributed by atoms with Gasteiger partial charge in [-0.3, -0.25) is 10.6 Å². The van der Waals surface area contributed by atoms with Crippen LogP contribution in [-0.2, 0) is 34.4 Å². The van der Waals surface area contributed by atoms with Crippen LogP contribution in [0.5, 0.6) is 0 Å². The Hall–Kier alpha value is -9.47. The summed E-state index contributed by atoms with van der Waals surface area (Å²) in [7, 11) is -1.87. The summed E-state index contributed by atoms with van der Waals surface area (Å²) in [6.07, 6.45) is -16.3. The average Bonchev–Trinajstić information content (AvgIpc) is 1.57. The standard InChI is InChI=1S/C26H22F4N2O3S.C21H14F4N2S.C19H18BrFN2O3S.C7H6BF3O2/c1-25(2,3)35-24(34)32-23-31-21-19(15-5-4-6-17(11-15)26(28,29)30)12-16(13-20(21)36-23)22(33)14-7-9-18(27)10-8-14;22-16-6-4-12(5-7-16)8-13-9-17(19-18(10-13)28-20(26)27-19)14-2-1-3-15(11-14)21(23,24)25;1-19(2,3)26-18(25)23-17-22-15-13(20)8-11(9-14(15)27-17)16(24)10-4-6-12(21)7-5-10;9-7(10,11)5-2-1-3-6(4-5)8(12)13/h4-13,22,33H,1-3H3,(H,31,32,34);1-7,9-11H,8H2,(H2,26,27);4-9,16,24H,1-3H3,(H,22,23,25);1-4,12-13H. The van der Waals surface area contributed by atoms with Crippen molar-refractivity contribution in [3.63, 3.8) is 0 Å². The molecule has 9 aromatic carbocycles. The van der Waals surface area contributed by atoms with Crippen LogP contribution in [-0.4, -0.2) is 65.7 Å². The first kappa shape index (κ1) is 78.7. The summed E-state index contributed by atoms with van der Waals surface area (Å²) in [6.45, 7) is 10.5. The van der Waals surface area contributed by atoms with Gasteiger partial charge in [0.25, 0.3) is 0 Å². The number of nitrogens with one attached hydrogen (secondary N) is 2. The van der Waals surface area contributed by atoms with E-state index in [2.05, 4.69) is 41.5 Å². The average molecular weight is 1560 g/mol. The monoisotopic (exact) mass is 1560 g/mol. The first-order valence-electron chi connectivity index (χ1n) is 30.9. The minimum absolute atomic E-state index is 0.171. The van der Waals surface area contributed by atoms with E-state index in [1.165, 1.54) is 95.5 Å². The van der Waals surface area contributed by atoms with Gasteiger partial charge in [0, 0.05) is 15.6 Å². The van der Waals surface area contributed by atoms with Gasteiger partial charge in [0.15, 0.2) is 15.4 Å². The molecule has 0 saturated heterocycles. The van der Waals surface area contributed by atoms with Crippen molar-refractivity contribution in [2.75, 3.05) is 16.4 Å². The molecule has 2 unspecified atom stereocenters. The maximum absolute atomic E-state index is 13.4. The Balaban J connectivity index is 0.000000168. The summed E-state index contributed by atoms with van der Waals surface area (Å²) in [5.41, 5.74) is 8.83. The fourth-order valence-corrected chi connectivity index (χ4v) is 13.4. The molecule has 2 amide bonds. The van der Waals surface area contributed by atoms with Crippen LogP contribution < -0.4 is 21.8 Å². The lowest BCUT2D eigenvalue weighted by Gasteiger charge is -2.18. The Kier molecular flexibility index (Phi) is 24.4. The number of fused-ring (bicyclic) bond motifs is 3. The molecule has 12 rings (SSSR count). The number of halogens is 13. The van der Waals surface area contributed by atoms with Crippen molar-refractivity contribution in [3.8, 4) is 22.3 Å². The molecule has 0 bridgehead atoms. The maximum Gasteiger partial charge on any atom is 0.488 e. The highest BCUT2D eigenvalue weighted by atomic mass is 79.9. The van der Waals surface area contributed by atoms with E-state index >= 15 is 0 Å². The van der Waals surface area contributed by atoms with Gasteiger partial charge < -0.3 is 35.5 Å². The summed E-state index contributed by atoms with van der Waals surface area (Å²) in [5, 5.41) is 44.9. The van der Waals surface area contributed by atoms with Crippen molar-refractivity contribution in [2.24, 2.45) is 0 Å². The lowest BCUT2D eigenvalue weighted by Crippen LogP contribution is -2.30. The number of aliphatic hydroxyl groups is 2. The van der Waals surface area contributed by atoms with Crippen LogP contribution in [0.4, 0.5) is 77.7 Å². The minimum atomic E-state index is -4.55. The molecule has 0 aliphatic carbocycles. The number of carbonyl (C=O) groups is 2. The Morgan fingerprint density at radius 3 is 1.33 bits per heavy atom. The Bertz CT molecular complexity index is 5030. The van der Waals surface area contributed by atoms with E-state index in [0.29, 0.717) is 87.4 Å². The molecule has 31 heteroatoms. The van der Waals surface area contributed by atoms with Crippen molar-refractivity contribution >= 4 is 121 Å². The molecule has 0 aliphatic rings. The third kappa shape index (κ3) is 21.4. The lowest BCUT2D eigenvalue weighted by atomic mass is 9.79. The van der Waals surface area contributed by atoms with Crippen molar-refractivity contribution in [1.29, 1.82) is 0 Å². The van der Waals surface area contributed by atoms with E-state index in [1.54, 1.807) is 96.1 Å².